The number of hydrogen-bond donors (Lipinski definition) is 2. The number of aliphatic hydroxyl groups is 1. The maximum Gasteiger partial charge on any atom is 0.122 e. The first-order valence-electron chi connectivity index (χ1n) is 5.33. The lowest BCUT2D eigenvalue weighted by Gasteiger charge is -2.45. The summed E-state index contributed by atoms with van der Waals surface area (Å²) >= 11 is 6.00. The Morgan fingerprint density at radius 2 is 2.25 bits per heavy atom. The summed E-state index contributed by atoms with van der Waals surface area (Å²) in [6.07, 6.45) is 1.10. The van der Waals surface area contributed by atoms with E-state index in [2.05, 4.69) is 0 Å². The van der Waals surface area contributed by atoms with Gasteiger partial charge in [0, 0.05) is 22.5 Å². The summed E-state index contributed by atoms with van der Waals surface area (Å²) in [5.74, 6) is 0.793. The number of benzene rings is 1. The van der Waals surface area contributed by atoms with Crippen LogP contribution >= 0.6 is 11.6 Å². The summed E-state index contributed by atoms with van der Waals surface area (Å²) in [5, 5.41) is 10.2. The molecule has 1 aliphatic carbocycles. The minimum atomic E-state index is -0.257. The monoisotopic (exact) mass is 241 g/mol. The van der Waals surface area contributed by atoms with Crippen molar-refractivity contribution in [2.75, 3.05) is 13.7 Å². The molecule has 0 amide bonds. The molecule has 0 spiro atoms. The molecule has 16 heavy (non-hydrogen) atoms. The topological polar surface area (TPSA) is 55.5 Å². The van der Waals surface area contributed by atoms with Crippen LogP contribution in [0.15, 0.2) is 18.2 Å². The molecule has 1 aromatic carbocycles. The number of nitrogens with two attached hydrogens (primary N) is 1. The summed E-state index contributed by atoms with van der Waals surface area (Å²) in [6, 6.07) is 5.53. The Bertz CT molecular complexity index is 389. The van der Waals surface area contributed by atoms with Crippen LogP contribution in [0.3, 0.4) is 0 Å². The molecule has 0 unspecified atom stereocenters. The Kier molecular flexibility index (Phi) is 3.10. The van der Waals surface area contributed by atoms with E-state index < -0.39 is 0 Å². The highest BCUT2D eigenvalue weighted by molar-refractivity contribution is 6.30. The molecule has 3 N–H and O–H groups in total. The van der Waals surface area contributed by atoms with E-state index in [-0.39, 0.29) is 11.5 Å². The van der Waals surface area contributed by atoms with Gasteiger partial charge in [0.15, 0.2) is 0 Å². The van der Waals surface area contributed by atoms with Crippen molar-refractivity contribution in [2.24, 2.45) is 5.73 Å². The summed E-state index contributed by atoms with van der Waals surface area (Å²) in [7, 11) is 1.63. The van der Waals surface area contributed by atoms with Gasteiger partial charge in [0.05, 0.1) is 13.2 Å². The number of hydrogen-bond acceptors (Lipinski definition) is 3. The molecule has 0 bridgehead atoms. The fourth-order valence-electron chi connectivity index (χ4n) is 2.43. The van der Waals surface area contributed by atoms with Crippen LogP contribution in [0.2, 0.25) is 5.02 Å². The maximum atomic E-state index is 9.48. The molecule has 0 aromatic heterocycles. The molecular formula is C12H16ClNO2. The van der Waals surface area contributed by atoms with Gasteiger partial charge >= 0.3 is 0 Å². The van der Waals surface area contributed by atoms with E-state index in [1.165, 1.54) is 0 Å². The molecule has 3 nitrogen and oxygen atoms in total. The predicted octanol–water partition coefficient (Wildman–Crippen LogP) is 1.70. The van der Waals surface area contributed by atoms with Crippen LogP contribution in [-0.2, 0) is 5.41 Å². The minimum absolute atomic E-state index is 0.171. The van der Waals surface area contributed by atoms with Gasteiger partial charge in [0.25, 0.3) is 0 Å². The summed E-state index contributed by atoms with van der Waals surface area (Å²) in [4.78, 5) is 0. The Balaban J connectivity index is 2.41. The van der Waals surface area contributed by atoms with Crippen molar-refractivity contribution in [1.29, 1.82) is 0 Å². The fourth-order valence-corrected chi connectivity index (χ4v) is 2.61. The molecule has 1 aromatic rings. The quantitative estimate of drug-likeness (QED) is 0.847. The third kappa shape index (κ3) is 1.79. The Morgan fingerprint density at radius 1 is 1.56 bits per heavy atom. The number of ether oxygens (including phenoxy) is 1. The molecule has 2 rings (SSSR count). The SMILES string of the molecule is COc1ccc(Cl)cc1C1(CN)CC(O)C1. The van der Waals surface area contributed by atoms with Crippen molar-refractivity contribution in [1.82, 2.24) is 0 Å². The third-order valence-corrected chi connectivity index (χ3v) is 3.61. The van der Waals surface area contributed by atoms with Crippen LogP contribution in [0.5, 0.6) is 5.75 Å². The van der Waals surface area contributed by atoms with Crippen LogP contribution in [0.4, 0.5) is 0 Å². The van der Waals surface area contributed by atoms with Crippen molar-refractivity contribution in [2.45, 2.75) is 24.4 Å². The summed E-state index contributed by atoms with van der Waals surface area (Å²) in [6.45, 7) is 0.501. The van der Waals surface area contributed by atoms with Gasteiger partial charge in [-0.2, -0.15) is 0 Å². The van der Waals surface area contributed by atoms with E-state index in [9.17, 15) is 5.11 Å². The second kappa shape index (κ2) is 4.24. The van der Waals surface area contributed by atoms with E-state index in [0.29, 0.717) is 24.4 Å². The Morgan fingerprint density at radius 3 is 2.75 bits per heavy atom. The smallest absolute Gasteiger partial charge is 0.122 e. The van der Waals surface area contributed by atoms with Gasteiger partial charge in [0.1, 0.15) is 5.75 Å². The minimum Gasteiger partial charge on any atom is -0.496 e. The number of rotatable bonds is 3. The van der Waals surface area contributed by atoms with E-state index in [0.717, 1.165) is 11.3 Å². The van der Waals surface area contributed by atoms with Crippen molar-refractivity contribution in [3.8, 4) is 5.75 Å². The second-order valence-electron chi connectivity index (χ2n) is 4.39. The van der Waals surface area contributed by atoms with E-state index in [1.807, 2.05) is 12.1 Å². The number of halogens is 1. The molecule has 1 fully saturated rings. The zero-order valence-corrected chi connectivity index (χ0v) is 10.00. The van der Waals surface area contributed by atoms with Crippen LogP contribution in [0.1, 0.15) is 18.4 Å². The Labute approximate surface area is 100 Å². The number of aliphatic hydroxyl groups excluding tert-OH is 1. The molecule has 1 aliphatic rings. The van der Waals surface area contributed by atoms with Gasteiger partial charge in [0.2, 0.25) is 0 Å². The lowest BCUT2D eigenvalue weighted by Crippen LogP contribution is -2.49. The largest absolute Gasteiger partial charge is 0.496 e. The number of methoxy groups -OCH3 is 1. The lowest BCUT2D eigenvalue weighted by molar-refractivity contribution is 0.0211. The molecule has 1 saturated carbocycles. The molecule has 88 valence electrons. The van der Waals surface area contributed by atoms with Gasteiger partial charge in [-0.1, -0.05) is 11.6 Å². The highest BCUT2D eigenvalue weighted by Gasteiger charge is 2.45. The van der Waals surface area contributed by atoms with E-state index in [1.54, 1.807) is 13.2 Å². The first-order chi connectivity index (χ1) is 7.61. The van der Waals surface area contributed by atoms with Gasteiger partial charge in [-0.25, -0.2) is 0 Å². The maximum absolute atomic E-state index is 9.48. The third-order valence-electron chi connectivity index (χ3n) is 3.38. The normalized spacial score (nSPS) is 28.6. The molecule has 0 atom stereocenters. The van der Waals surface area contributed by atoms with Crippen LogP contribution < -0.4 is 10.5 Å². The highest BCUT2D eigenvalue weighted by Crippen LogP contribution is 2.47. The summed E-state index contributed by atoms with van der Waals surface area (Å²) < 4.78 is 5.32. The van der Waals surface area contributed by atoms with Crippen molar-refractivity contribution in [3.63, 3.8) is 0 Å². The first-order valence-corrected chi connectivity index (χ1v) is 5.71. The van der Waals surface area contributed by atoms with Crippen LogP contribution in [0, 0.1) is 0 Å². The van der Waals surface area contributed by atoms with Crippen LogP contribution in [0.25, 0.3) is 0 Å². The molecule has 4 heteroatoms. The van der Waals surface area contributed by atoms with E-state index in [4.69, 9.17) is 22.1 Å². The predicted molar refractivity (Wildman–Crippen MR) is 64.0 cm³/mol. The van der Waals surface area contributed by atoms with Crippen molar-refractivity contribution < 1.29 is 9.84 Å². The average Bonchev–Trinajstić information content (AvgIpc) is 2.24. The lowest BCUT2D eigenvalue weighted by atomic mass is 9.62. The van der Waals surface area contributed by atoms with Crippen LogP contribution in [-0.4, -0.2) is 24.9 Å². The van der Waals surface area contributed by atoms with Crippen molar-refractivity contribution >= 4 is 11.6 Å². The standard InChI is InChI=1S/C12H16ClNO2/c1-16-11-3-2-8(13)4-10(11)12(7-14)5-9(15)6-12/h2-4,9,15H,5-7,14H2,1H3. The molecule has 0 radical (unpaired) electrons. The second-order valence-corrected chi connectivity index (χ2v) is 4.83. The van der Waals surface area contributed by atoms with Crippen molar-refractivity contribution in [3.05, 3.63) is 28.8 Å². The highest BCUT2D eigenvalue weighted by atomic mass is 35.5. The zero-order chi connectivity index (χ0) is 11.8. The molecular weight excluding hydrogens is 226 g/mol. The zero-order valence-electron chi connectivity index (χ0n) is 9.24. The van der Waals surface area contributed by atoms with Gasteiger partial charge < -0.3 is 15.6 Å². The fraction of sp³-hybridized carbons (Fsp3) is 0.500. The Hall–Kier alpha value is -0.770. The average molecular weight is 242 g/mol. The molecule has 0 saturated heterocycles. The first kappa shape index (κ1) is 11.7. The molecule has 0 aliphatic heterocycles. The van der Waals surface area contributed by atoms with E-state index >= 15 is 0 Å². The van der Waals surface area contributed by atoms with Gasteiger partial charge in [-0.05, 0) is 31.0 Å². The summed E-state index contributed by atoms with van der Waals surface area (Å²) in [5.41, 5.74) is 6.67. The van der Waals surface area contributed by atoms with Gasteiger partial charge in [-0.3, -0.25) is 0 Å². The van der Waals surface area contributed by atoms with Gasteiger partial charge in [-0.15, -0.1) is 0 Å². The molecule has 0 heterocycles.